The van der Waals surface area contributed by atoms with E-state index in [1.165, 1.54) is 4.90 Å². The summed E-state index contributed by atoms with van der Waals surface area (Å²) < 4.78 is 15.9. The van der Waals surface area contributed by atoms with Crippen LogP contribution in [0.4, 0.5) is 10.5 Å². The first kappa shape index (κ1) is 15.9. The largest absolute Gasteiger partial charge is 0.591 e. The Kier molecular flexibility index (Phi) is 4.30. The molecule has 0 fully saturated rings. The van der Waals surface area contributed by atoms with Crippen molar-refractivity contribution in [1.29, 1.82) is 0 Å². The number of benzene rings is 1. The average molecular weight is 308 g/mol. The predicted molar refractivity (Wildman–Crippen MR) is 85.6 cm³/mol. The van der Waals surface area contributed by atoms with Gasteiger partial charge in [0.15, 0.2) is 0 Å². The summed E-state index contributed by atoms with van der Waals surface area (Å²) in [6, 6.07) is 5.57. The van der Waals surface area contributed by atoms with Crippen molar-refractivity contribution in [2.24, 2.45) is 4.40 Å². The standard InChI is InChI=1S/C15H20N2O3S/c1-10(16-21(20)15(2,3)4)11-5-6-13-12(9-11)7-8-17(13)14(18)19/h5-6,9H,7-8H2,1-4H3,(H,18,19)/b16-10+. The summed E-state index contributed by atoms with van der Waals surface area (Å²) in [4.78, 5) is 12.4. The summed E-state index contributed by atoms with van der Waals surface area (Å²) in [5, 5.41) is 9.11. The Morgan fingerprint density at radius 3 is 2.67 bits per heavy atom. The van der Waals surface area contributed by atoms with Gasteiger partial charge in [0, 0.05) is 12.1 Å². The van der Waals surface area contributed by atoms with E-state index in [2.05, 4.69) is 4.40 Å². The minimum atomic E-state index is -1.30. The fourth-order valence-electron chi connectivity index (χ4n) is 2.14. The summed E-state index contributed by atoms with van der Waals surface area (Å²) in [7, 11) is 0. The Hall–Kier alpha value is -1.53. The molecule has 0 radical (unpaired) electrons. The van der Waals surface area contributed by atoms with E-state index < -0.39 is 22.2 Å². The van der Waals surface area contributed by atoms with Gasteiger partial charge in [-0.15, -0.1) is 0 Å². The van der Waals surface area contributed by atoms with E-state index in [-0.39, 0.29) is 0 Å². The predicted octanol–water partition coefficient (Wildman–Crippen LogP) is 3.00. The van der Waals surface area contributed by atoms with Crippen LogP contribution in [0.5, 0.6) is 0 Å². The Bertz CT molecular complexity index is 593. The maximum atomic E-state index is 12.1. The molecule has 21 heavy (non-hydrogen) atoms. The SMILES string of the molecule is C/C(=N\[S+]([O-])C(C)(C)C)c1ccc2c(c1)CCN2C(=O)O. The second kappa shape index (κ2) is 5.69. The third-order valence-electron chi connectivity index (χ3n) is 3.37. The van der Waals surface area contributed by atoms with Crippen LogP contribution >= 0.6 is 0 Å². The van der Waals surface area contributed by atoms with Gasteiger partial charge in [-0.1, -0.05) is 10.5 Å². The zero-order valence-corrected chi connectivity index (χ0v) is 13.5. The van der Waals surface area contributed by atoms with Crippen molar-refractivity contribution in [3.63, 3.8) is 0 Å². The lowest BCUT2D eigenvalue weighted by atomic mass is 10.1. The molecule has 114 valence electrons. The van der Waals surface area contributed by atoms with Crippen LogP contribution in [-0.4, -0.2) is 32.8 Å². The molecule has 1 amide bonds. The number of amides is 1. The molecule has 1 aromatic carbocycles. The molecule has 1 heterocycles. The molecular formula is C15H20N2O3S. The van der Waals surface area contributed by atoms with Crippen LogP contribution in [0.3, 0.4) is 0 Å². The maximum Gasteiger partial charge on any atom is 0.411 e. The molecule has 6 heteroatoms. The highest BCUT2D eigenvalue weighted by Crippen LogP contribution is 2.29. The molecule has 1 atom stereocenters. The van der Waals surface area contributed by atoms with Crippen LogP contribution in [-0.2, 0) is 17.8 Å². The van der Waals surface area contributed by atoms with E-state index in [9.17, 15) is 9.35 Å². The summed E-state index contributed by atoms with van der Waals surface area (Å²) in [5.74, 6) is 0. The number of anilines is 1. The second-order valence-corrected chi connectivity index (χ2v) is 7.97. The van der Waals surface area contributed by atoms with Gasteiger partial charge in [0.25, 0.3) is 0 Å². The zero-order chi connectivity index (χ0) is 15.8. The van der Waals surface area contributed by atoms with Gasteiger partial charge < -0.3 is 9.66 Å². The number of nitrogens with zero attached hydrogens (tertiary/aromatic N) is 2. The average Bonchev–Trinajstić information content (AvgIpc) is 2.80. The van der Waals surface area contributed by atoms with Crippen molar-refractivity contribution >= 4 is 28.9 Å². The number of carbonyl (C=O) groups is 1. The molecule has 0 aliphatic carbocycles. The van der Waals surface area contributed by atoms with Crippen LogP contribution in [0.2, 0.25) is 0 Å². The van der Waals surface area contributed by atoms with Crippen LogP contribution in [0.25, 0.3) is 0 Å². The van der Waals surface area contributed by atoms with Crippen LogP contribution in [0.15, 0.2) is 22.6 Å². The monoisotopic (exact) mass is 308 g/mol. The molecule has 0 saturated carbocycles. The first-order chi connectivity index (χ1) is 9.70. The minimum absolute atomic E-state index is 0.391. The highest BCUT2D eigenvalue weighted by molar-refractivity contribution is 7.91. The lowest BCUT2D eigenvalue weighted by Gasteiger charge is -2.19. The van der Waals surface area contributed by atoms with E-state index in [1.807, 2.05) is 39.8 Å². The van der Waals surface area contributed by atoms with Gasteiger partial charge in [0.1, 0.15) is 16.1 Å². The highest BCUT2D eigenvalue weighted by atomic mass is 32.2. The van der Waals surface area contributed by atoms with Gasteiger partial charge in [-0.25, -0.2) is 4.79 Å². The van der Waals surface area contributed by atoms with Gasteiger partial charge in [0.2, 0.25) is 0 Å². The topological polar surface area (TPSA) is 76.0 Å². The smallest absolute Gasteiger partial charge is 0.411 e. The van der Waals surface area contributed by atoms with Crippen molar-refractivity contribution in [3.05, 3.63) is 29.3 Å². The van der Waals surface area contributed by atoms with E-state index in [4.69, 9.17) is 5.11 Å². The van der Waals surface area contributed by atoms with Gasteiger partial charge in [-0.3, -0.25) is 4.90 Å². The van der Waals surface area contributed by atoms with Crippen LogP contribution in [0.1, 0.15) is 38.8 Å². The fourth-order valence-corrected chi connectivity index (χ4v) is 2.77. The van der Waals surface area contributed by atoms with Gasteiger partial charge >= 0.3 is 6.09 Å². The molecule has 1 N–H and O–H groups in total. The van der Waals surface area contributed by atoms with Crippen molar-refractivity contribution in [2.75, 3.05) is 11.4 Å². The molecule has 1 aromatic rings. The van der Waals surface area contributed by atoms with Gasteiger partial charge in [0.05, 0.1) is 11.4 Å². The summed E-state index contributed by atoms with van der Waals surface area (Å²) in [5.41, 5.74) is 3.32. The van der Waals surface area contributed by atoms with Gasteiger partial charge in [-0.05, 0) is 51.8 Å². The Morgan fingerprint density at radius 1 is 1.43 bits per heavy atom. The lowest BCUT2D eigenvalue weighted by molar-refractivity contribution is 0.202. The summed E-state index contributed by atoms with van der Waals surface area (Å²) >= 11 is -1.30. The molecule has 1 aliphatic heterocycles. The number of carboxylic acid groups (broad SMARTS) is 1. The molecule has 0 spiro atoms. The summed E-state index contributed by atoms with van der Waals surface area (Å²) in [6.45, 7) is 7.96. The molecule has 1 aliphatic rings. The Balaban J connectivity index is 2.28. The molecule has 0 aromatic heterocycles. The first-order valence-corrected chi connectivity index (χ1v) is 7.92. The molecule has 2 rings (SSSR count). The minimum Gasteiger partial charge on any atom is -0.591 e. The van der Waals surface area contributed by atoms with Gasteiger partial charge in [-0.2, -0.15) is 0 Å². The molecule has 5 nitrogen and oxygen atoms in total. The van der Waals surface area contributed by atoms with Crippen molar-refractivity contribution in [1.82, 2.24) is 0 Å². The second-order valence-electron chi connectivity index (χ2n) is 6.07. The van der Waals surface area contributed by atoms with E-state index in [0.717, 1.165) is 16.8 Å². The first-order valence-electron chi connectivity index (χ1n) is 6.81. The Labute approximate surface area is 128 Å². The van der Waals surface area contributed by atoms with E-state index in [0.29, 0.717) is 18.7 Å². The van der Waals surface area contributed by atoms with E-state index in [1.54, 1.807) is 6.07 Å². The lowest BCUT2D eigenvalue weighted by Crippen LogP contribution is -2.27. The van der Waals surface area contributed by atoms with E-state index >= 15 is 0 Å². The van der Waals surface area contributed by atoms with Crippen molar-refractivity contribution in [3.8, 4) is 0 Å². The highest BCUT2D eigenvalue weighted by Gasteiger charge is 2.28. The maximum absolute atomic E-state index is 12.1. The number of hydrogen-bond acceptors (Lipinski definition) is 3. The summed E-state index contributed by atoms with van der Waals surface area (Å²) in [6.07, 6.45) is -0.230. The molecular weight excluding hydrogens is 288 g/mol. The third kappa shape index (κ3) is 3.39. The zero-order valence-electron chi connectivity index (χ0n) is 12.7. The quantitative estimate of drug-likeness (QED) is 0.674. The number of hydrogen-bond donors (Lipinski definition) is 1. The van der Waals surface area contributed by atoms with Crippen LogP contribution in [0, 0.1) is 0 Å². The van der Waals surface area contributed by atoms with Crippen molar-refractivity contribution in [2.45, 2.75) is 38.9 Å². The molecule has 1 unspecified atom stereocenters. The third-order valence-corrected chi connectivity index (χ3v) is 4.85. The normalized spacial score (nSPS) is 16.8. The fraction of sp³-hybridized carbons (Fsp3) is 0.467. The van der Waals surface area contributed by atoms with Crippen LogP contribution < -0.4 is 4.90 Å². The van der Waals surface area contributed by atoms with Crippen molar-refractivity contribution < 1.29 is 14.5 Å². The number of fused-ring (bicyclic) bond motifs is 1. The molecule has 0 saturated heterocycles. The molecule has 0 bridgehead atoms. The Morgan fingerprint density at radius 2 is 2.10 bits per heavy atom. The number of rotatable bonds is 2.